The van der Waals surface area contributed by atoms with Gasteiger partial charge in [0.05, 0.1) is 15.5 Å². The normalized spacial score (nSPS) is 11.6. The summed E-state index contributed by atoms with van der Waals surface area (Å²) in [6.07, 6.45) is 0. The third-order valence-electron chi connectivity index (χ3n) is 5.67. The zero-order chi connectivity index (χ0) is 29.1. The van der Waals surface area contributed by atoms with E-state index in [4.69, 9.17) is 0 Å². The molecule has 0 saturated carbocycles. The highest BCUT2D eigenvalue weighted by molar-refractivity contribution is 7.93. The van der Waals surface area contributed by atoms with Gasteiger partial charge in [-0.15, -0.1) is 0 Å². The number of carbonyl (C=O) groups is 1. The molecule has 4 rings (SSSR count). The Labute approximate surface area is 232 Å². The lowest BCUT2D eigenvalue weighted by atomic mass is 10.2. The highest BCUT2D eigenvalue weighted by Gasteiger charge is 2.27. The van der Waals surface area contributed by atoms with Gasteiger partial charge in [0.15, 0.2) is 0 Å². The number of benzene rings is 3. The van der Waals surface area contributed by atoms with E-state index in [-0.39, 0.29) is 27.1 Å². The fourth-order valence-corrected chi connectivity index (χ4v) is 6.12. The number of nitrogens with zero attached hydrogens (tertiary/aromatic N) is 3. The molecule has 0 aliphatic rings. The van der Waals surface area contributed by atoms with Crippen LogP contribution < -0.4 is 14.3 Å². The summed E-state index contributed by atoms with van der Waals surface area (Å²) in [6.45, 7) is 4.68. The van der Waals surface area contributed by atoms with Crippen molar-refractivity contribution in [3.05, 3.63) is 102 Å². The molecular formula is C27H26FN5O5S2. The van der Waals surface area contributed by atoms with Gasteiger partial charge in [-0.05, 0) is 87.5 Å². The lowest BCUT2D eigenvalue weighted by Crippen LogP contribution is -2.38. The van der Waals surface area contributed by atoms with E-state index in [0.29, 0.717) is 11.4 Å². The number of halogens is 1. The number of nitrogens with one attached hydrogen (secondary N) is 2. The summed E-state index contributed by atoms with van der Waals surface area (Å²) in [5.41, 5.74) is 2.58. The number of aromatic nitrogens is 2. The van der Waals surface area contributed by atoms with Crippen LogP contribution in [0.1, 0.15) is 17.0 Å². The lowest BCUT2D eigenvalue weighted by Gasteiger charge is -2.24. The Kier molecular flexibility index (Phi) is 8.16. The minimum Gasteiger partial charge on any atom is -0.325 e. The standard InChI is InChI=1S/C27H26FN5O5S2/c1-18-4-10-23(11-5-18)33(40(37,38)25-12-6-21(28)7-13-25)17-26(34)31-22-8-14-24(15-9-22)39(35,36)32-27-29-19(2)16-20(3)30-27/h4-16H,17H2,1-3H3,(H,31,34)(H,29,30,32). The van der Waals surface area contributed by atoms with E-state index in [2.05, 4.69) is 20.0 Å². The number of anilines is 3. The van der Waals surface area contributed by atoms with Crippen molar-refractivity contribution in [2.45, 2.75) is 30.6 Å². The molecule has 10 nitrogen and oxygen atoms in total. The van der Waals surface area contributed by atoms with Crippen molar-refractivity contribution >= 4 is 43.3 Å². The highest BCUT2D eigenvalue weighted by Crippen LogP contribution is 2.25. The summed E-state index contributed by atoms with van der Waals surface area (Å²) in [5.74, 6) is -1.34. The smallest absolute Gasteiger partial charge is 0.264 e. The average Bonchev–Trinajstić information content (AvgIpc) is 2.87. The molecule has 0 saturated heterocycles. The SMILES string of the molecule is Cc1ccc(N(CC(=O)Nc2ccc(S(=O)(=O)Nc3nc(C)cc(C)n3)cc2)S(=O)(=O)c2ccc(F)cc2)cc1. The molecule has 13 heteroatoms. The molecular weight excluding hydrogens is 557 g/mol. The maximum atomic E-state index is 13.4. The fraction of sp³-hybridized carbons (Fsp3) is 0.148. The van der Waals surface area contributed by atoms with Crippen LogP contribution >= 0.6 is 0 Å². The van der Waals surface area contributed by atoms with Crippen molar-refractivity contribution in [2.24, 2.45) is 0 Å². The van der Waals surface area contributed by atoms with E-state index in [1.54, 1.807) is 44.2 Å². The molecule has 0 radical (unpaired) electrons. The second kappa shape index (κ2) is 11.4. The topological polar surface area (TPSA) is 138 Å². The van der Waals surface area contributed by atoms with Crippen LogP contribution in [0.3, 0.4) is 0 Å². The van der Waals surface area contributed by atoms with Gasteiger partial charge in [0, 0.05) is 17.1 Å². The summed E-state index contributed by atoms with van der Waals surface area (Å²) in [4.78, 5) is 20.8. The largest absolute Gasteiger partial charge is 0.325 e. The van der Waals surface area contributed by atoms with Gasteiger partial charge < -0.3 is 5.32 Å². The average molecular weight is 584 g/mol. The number of amides is 1. The van der Waals surface area contributed by atoms with Crippen molar-refractivity contribution in [1.29, 1.82) is 0 Å². The van der Waals surface area contributed by atoms with Gasteiger partial charge in [0.2, 0.25) is 11.9 Å². The van der Waals surface area contributed by atoms with Crippen LogP contribution in [0, 0.1) is 26.6 Å². The van der Waals surface area contributed by atoms with Gasteiger partial charge >= 0.3 is 0 Å². The zero-order valence-corrected chi connectivity index (χ0v) is 23.4. The van der Waals surface area contributed by atoms with Crippen LogP contribution in [0.25, 0.3) is 0 Å². The first kappa shape index (κ1) is 28.6. The summed E-state index contributed by atoms with van der Waals surface area (Å²) in [5, 5.41) is 2.58. The van der Waals surface area contributed by atoms with E-state index in [1.165, 1.54) is 24.3 Å². The zero-order valence-electron chi connectivity index (χ0n) is 21.8. The summed E-state index contributed by atoms with van der Waals surface area (Å²) < 4.78 is 69.0. The van der Waals surface area contributed by atoms with Gasteiger partial charge in [-0.25, -0.2) is 35.9 Å². The van der Waals surface area contributed by atoms with Gasteiger partial charge in [-0.1, -0.05) is 17.7 Å². The van der Waals surface area contributed by atoms with E-state index in [0.717, 1.165) is 34.1 Å². The maximum Gasteiger partial charge on any atom is 0.264 e. The van der Waals surface area contributed by atoms with E-state index in [1.807, 2.05) is 6.92 Å². The van der Waals surface area contributed by atoms with Crippen LogP contribution in [0.5, 0.6) is 0 Å². The quantitative estimate of drug-likeness (QED) is 0.302. The molecule has 40 heavy (non-hydrogen) atoms. The molecule has 0 bridgehead atoms. The van der Waals surface area contributed by atoms with Crippen LogP contribution in [0.4, 0.5) is 21.7 Å². The lowest BCUT2D eigenvalue weighted by molar-refractivity contribution is -0.114. The van der Waals surface area contributed by atoms with Crippen molar-refractivity contribution < 1.29 is 26.0 Å². The second-order valence-corrected chi connectivity index (χ2v) is 12.5. The molecule has 208 valence electrons. The molecule has 0 aliphatic heterocycles. The molecule has 4 aromatic rings. The fourth-order valence-electron chi connectivity index (χ4n) is 3.76. The van der Waals surface area contributed by atoms with E-state index < -0.39 is 38.3 Å². The maximum absolute atomic E-state index is 13.4. The monoisotopic (exact) mass is 583 g/mol. The number of hydrogen-bond donors (Lipinski definition) is 2. The minimum atomic E-state index is -4.23. The first-order valence-corrected chi connectivity index (χ1v) is 14.9. The van der Waals surface area contributed by atoms with E-state index in [9.17, 15) is 26.0 Å². The van der Waals surface area contributed by atoms with Crippen molar-refractivity contribution in [2.75, 3.05) is 20.9 Å². The molecule has 1 aromatic heterocycles. The molecule has 3 aromatic carbocycles. The Bertz CT molecular complexity index is 1720. The second-order valence-electron chi connectivity index (χ2n) is 8.95. The predicted octanol–water partition coefficient (Wildman–Crippen LogP) is 4.18. The molecule has 0 aliphatic carbocycles. The van der Waals surface area contributed by atoms with Crippen LogP contribution in [-0.2, 0) is 24.8 Å². The van der Waals surface area contributed by atoms with Crippen molar-refractivity contribution in [3.8, 4) is 0 Å². The molecule has 1 heterocycles. The van der Waals surface area contributed by atoms with Gasteiger partial charge in [-0.3, -0.25) is 9.10 Å². The third kappa shape index (κ3) is 6.79. The molecule has 2 N–H and O–H groups in total. The number of carbonyl (C=O) groups excluding carboxylic acids is 1. The molecule has 0 spiro atoms. The Morgan fingerprint density at radius 1 is 0.800 bits per heavy atom. The third-order valence-corrected chi connectivity index (χ3v) is 8.80. The number of sulfonamides is 2. The summed E-state index contributed by atoms with van der Waals surface area (Å²) in [7, 11) is -8.23. The van der Waals surface area contributed by atoms with Gasteiger partial charge in [-0.2, -0.15) is 0 Å². The first-order chi connectivity index (χ1) is 18.8. The predicted molar refractivity (Wildman–Crippen MR) is 149 cm³/mol. The van der Waals surface area contributed by atoms with Crippen molar-refractivity contribution in [3.63, 3.8) is 0 Å². The number of hydrogen-bond acceptors (Lipinski definition) is 7. The number of aryl methyl sites for hydroxylation is 3. The number of rotatable bonds is 9. The Balaban J connectivity index is 1.53. The van der Waals surface area contributed by atoms with Crippen molar-refractivity contribution in [1.82, 2.24) is 9.97 Å². The Morgan fingerprint density at radius 2 is 1.35 bits per heavy atom. The minimum absolute atomic E-state index is 0.0616. The summed E-state index contributed by atoms with van der Waals surface area (Å²) >= 11 is 0. The van der Waals surface area contributed by atoms with Gasteiger partial charge in [0.1, 0.15) is 12.4 Å². The van der Waals surface area contributed by atoms with Crippen LogP contribution in [0.15, 0.2) is 88.7 Å². The molecule has 1 amide bonds. The summed E-state index contributed by atoms with van der Waals surface area (Å²) in [6, 6.07) is 17.9. The van der Waals surface area contributed by atoms with Crippen LogP contribution in [-0.4, -0.2) is 39.3 Å². The van der Waals surface area contributed by atoms with E-state index >= 15 is 0 Å². The first-order valence-electron chi connectivity index (χ1n) is 11.9. The molecule has 0 atom stereocenters. The Morgan fingerprint density at radius 3 is 1.93 bits per heavy atom. The highest BCUT2D eigenvalue weighted by atomic mass is 32.2. The molecule has 0 unspecified atom stereocenters. The Hall–Kier alpha value is -4.36. The van der Waals surface area contributed by atoms with Gasteiger partial charge in [0.25, 0.3) is 20.0 Å². The molecule has 0 fully saturated rings. The van der Waals surface area contributed by atoms with Crippen LogP contribution in [0.2, 0.25) is 0 Å².